The van der Waals surface area contributed by atoms with Crippen LogP contribution in [0.3, 0.4) is 0 Å². The van der Waals surface area contributed by atoms with E-state index in [9.17, 15) is 9.59 Å². The molecule has 0 saturated heterocycles. The summed E-state index contributed by atoms with van der Waals surface area (Å²) in [5, 5.41) is 0. The summed E-state index contributed by atoms with van der Waals surface area (Å²) >= 11 is 0. The van der Waals surface area contributed by atoms with Crippen molar-refractivity contribution in [2.75, 3.05) is 13.2 Å². The fourth-order valence-electron chi connectivity index (χ4n) is 3.48. The first-order chi connectivity index (χ1) is 14.1. The van der Waals surface area contributed by atoms with E-state index in [1.807, 2.05) is 13.8 Å². The third-order valence-corrected chi connectivity index (χ3v) is 5.28. The lowest BCUT2D eigenvalue weighted by Gasteiger charge is -2.10. The highest BCUT2D eigenvalue weighted by Gasteiger charge is 2.09. The summed E-state index contributed by atoms with van der Waals surface area (Å²) in [4.78, 5) is 22.9. The predicted octanol–water partition coefficient (Wildman–Crippen LogP) is 7.38. The van der Waals surface area contributed by atoms with E-state index in [-0.39, 0.29) is 11.9 Å². The summed E-state index contributed by atoms with van der Waals surface area (Å²) < 4.78 is 10.2. The Morgan fingerprint density at radius 1 is 0.621 bits per heavy atom. The van der Waals surface area contributed by atoms with Gasteiger partial charge in [0.25, 0.3) is 0 Å². The Balaban J connectivity index is 3.24. The molecule has 0 rings (SSSR count). The van der Waals surface area contributed by atoms with Crippen molar-refractivity contribution in [1.29, 1.82) is 0 Å². The zero-order valence-corrected chi connectivity index (χ0v) is 19.6. The Morgan fingerprint density at radius 2 is 1.03 bits per heavy atom. The fraction of sp³-hybridized carbons (Fsp3) is 0.920. The zero-order valence-electron chi connectivity index (χ0n) is 19.6. The van der Waals surface area contributed by atoms with Gasteiger partial charge < -0.3 is 9.47 Å². The largest absolute Gasteiger partial charge is 0.466 e. The number of rotatable bonds is 21. The highest BCUT2D eigenvalue weighted by Crippen LogP contribution is 2.16. The number of hydrogen-bond donors (Lipinski definition) is 0. The lowest BCUT2D eigenvalue weighted by atomic mass is 9.99. The maximum absolute atomic E-state index is 11.6. The van der Waals surface area contributed by atoms with E-state index in [4.69, 9.17) is 9.47 Å². The molecule has 0 fully saturated rings. The van der Waals surface area contributed by atoms with E-state index in [1.165, 1.54) is 64.2 Å². The van der Waals surface area contributed by atoms with Crippen molar-refractivity contribution in [2.24, 2.45) is 5.92 Å². The topological polar surface area (TPSA) is 52.6 Å². The Labute approximate surface area is 180 Å². The van der Waals surface area contributed by atoms with Gasteiger partial charge >= 0.3 is 11.9 Å². The smallest absolute Gasteiger partial charge is 0.306 e. The molecule has 0 aromatic carbocycles. The monoisotopic (exact) mass is 412 g/mol. The summed E-state index contributed by atoms with van der Waals surface area (Å²) in [5.74, 6) is 0.381. The molecule has 0 saturated carbocycles. The first kappa shape index (κ1) is 27.9. The van der Waals surface area contributed by atoms with E-state index in [0.717, 1.165) is 32.1 Å². The molecule has 0 aliphatic rings. The van der Waals surface area contributed by atoms with E-state index < -0.39 is 0 Å². The van der Waals surface area contributed by atoms with Gasteiger partial charge in [-0.15, -0.1) is 0 Å². The Hall–Kier alpha value is -1.06. The van der Waals surface area contributed by atoms with Crippen molar-refractivity contribution >= 4 is 11.9 Å². The quantitative estimate of drug-likeness (QED) is 0.146. The van der Waals surface area contributed by atoms with E-state index >= 15 is 0 Å². The molecule has 0 aliphatic heterocycles. The van der Waals surface area contributed by atoms with Gasteiger partial charge in [0.05, 0.1) is 13.2 Å². The van der Waals surface area contributed by atoms with Gasteiger partial charge in [0, 0.05) is 12.8 Å². The van der Waals surface area contributed by atoms with Gasteiger partial charge in [0.15, 0.2) is 0 Å². The van der Waals surface area contributed by atoms with Crippen LogP contribution >= 0.6 is 0 Å². The summed E-state index contributed by atoms with van der Waals surface area (Å²) in [7, 11) is 0. The second-order valence-corrected chi connectivity index (χ2v) is 8.53. The Bertz CT molecular complexity index is 381. The minimum atomic E-state index is -0.0335. The maximum atomic E-state index is 11.6. The van der Waals surface area contributed by atoms with Crippen LogP contribution in [0.1, 0.15) is 130 Å². The van der Waals surface area contributed by atoms with Crippen LogP contribution < -0.4 is 0 Å². The van der Waals surface area contributed by atoms with Crippen molar-refractivity contribution < 1.29 is 19.1 Å². The molecule has 4 heteroatoms. The van der Waals surface area contributed by atoms with E-state index in [2.05, 4.69) is 6.92 Å². The molecule has 0 aromatic heterocycles. The minimum absolute atomic E-state index is 0.0317. The standard InChI is InChI=1S/C25H48O4/c1-4-20-28-24(26)19-17-15-13-11-9-7-6-8-10-12-14-16-18-23(3)22-25(27)29-21-5-2/h23H,4-22H2,1-3H3. The molecule has 0 aliphatic carbocycles. The third-order valence-electron chi connectivity index (χ3n) is 5.28. The van der Waals surface area contributed by atoms with Gasteiger partial charge in [-0.1, -0.05) is 97.8 Å². The maximum Gasteiger partial charge on any atom is 0.306 e. The van der Waals surface area contributed by atoms with Gasteiger partial charge in [0.1, 0.15) is 0 Å². The second kappa shape index (κ2) is 21.6. The van der Waals surface area contributed by atoms with Crippen LogP contribution in [0.2, 0.25) is 0 Å². The molecule has 1 unspecified atom stereocenters. The number of carbonyl (C=O) groups excluding carboxylic acids is 2. The average Bonchev–Trinajstić information content (AvgIpc) is 2.70. The summed E-state index contributed by atoms with van der Waals surface area (Å²) in [6.07, 6.45) is 19.3. The van der Waals surface area contributed by atoms with Crippen LogP contribution in [0.4, 0.5) is 0 Å². The van der Waals surface area contributed by atoms with Crippen molar-refractivity contribution in [3.8, 4) is 0 Å². The highest BCUT2D eigenvalue weighted by atomic mass is 16.5. The number of ether oxygens (including phenoxy) is 2. The number of carbonyl (C=O) groups is 2. The first-order valence-corrected chi connectivity index (χ1v) is 12.4. The summed E-state index contributed by atoms with van der Waals surface area (Å²) in [5.41, 5.74) is 0. The van der Waals surface area contributed by atoms with Crippen LogP contribution in [-0.4, -0.2) is 25.2 Å². The van der Waals surface area contributed by atoms with E-state index in [1.54, 1.807) is 0 Å². The third kappa shape index (κ3) is 21.5. The van der Waals surface area contributed by atoms with Crippen LogP contribution in [0.5, 0.6) is 0 Å². The van der Waals surface area contributed by atoms with Gasteiger partial charge in [-0.3, -0.25) is 9.59 Å². The van der Waals surface area contributed by atoms with Crippen molar-refractivity contribution in [1.82, 2.24) is 0 Å². The molecule has 29 heavy (non-hydrogen) atoms. The molecule has 1 atom stereocenters. The lowest BCUT2D eigenvalue weighted by Crippen LogP contribution is -2.10. The SMILES string of the molecule is CCCOC(=O)CCCCCCCCCCCCCCC(C)CC(=O)OCCC. The van der Waals surface area contributed by atoms with Gasteiger partial charge in [0.2, 0.25) is 0 Å². The van der Waals surface area contributed by atoms with Gasteiger partial charge in [-0.25, -0.2) is 0 Å². The highest BCUT2D eigenvalue weighted by molar-refractivity contribution is 5.69. The molecular formula is C25H48O4. The molecule has 0 radical (unpaired) electrons. The van der Waals surface area contributed by atoms with Crippen LogP contribution in [0.15, 0.2) is 0 Å². The van der Waals surface area contributed by atoms with Crippen LogP contribution in [0, 0.1) is 5.92 Å². The minimum Gasteiger partial charge on any atom is -0.466 e. The van der Waals surface area contributed by atoms with Crippen LogP contribution in [-0.2, 0) is 19.1 Å². The predicted molar refractivity (Wildman–Crippen MR) is 121 cm³/mol. The Kier molecular flexibility index (Phi) is 20.9. The van der Waals surface area contributed by atoms with Crippen molar-refractivity contribution in [3.05, 3.63) is 0 Å². The van der Waals surface area contributed by atoms with Crippen molar-refractivity contribution in [3.63, 3.8) is 0 Å². The molecular weight excluding hydrogens is 364 g/mol. The zero-order chi connectivity index (χ0) is 21.6. The molecule has 0 heterocycles. The lowest BCUT2D eigenvalue weighted by molar-refractivity contribution is -0.145. The molecule has 0 aromatic rings. The number of hydrogen-bond acceptors (Lipinski definition) is 4. The molecule has 172 valence electrons. The van der Waals surface area contributed by atoms with Gasteiger partial charge in [-0.2, -0.15) is 0 Å². The molecule has 4 nitrogen and oxygen atoms in total. The van der Waals surface area contributed by atoms with E-state index in [0.29, 0.717) is 32.0 Å². The van der Waals surface area contributed by atoms with Gasteiger partial charge in [-0.05, 0) is 25.2 Å². The second-order valence-electron chi connectivity index (χ2n) is 8.53. The molecule has 0 amide bonds. The normalized spacial score (nSPS) is 12.0. The van der Waals surface area contributed by atoms with Crippen LogP contribution in [0.25, 0.3) is 0 Å². The number of unbranched alkanes of at least 4 members (excludes halogenated alkanes) is 11. The first-order valence-electron chi connectivity index (χ1n) is 12.4. The average molecular weight is 413 g/mol. The van der Waals surface area contributed by atoms with Crippen molar-refractivity contribution in [2.45, 2.75) is 130 Å². The molecule has 0 bridgehead atoms. The molecule has 0 N–H and O–H groups in total. The summed E-state index contributed by atoms with van der Waals surface area (Å²) in [6, 6.07) is 0. The fourth-order valence-corrected chi connectivity index (χ4v) is 3.48. The molecule has 0 spiro atoms. The number of esters is 2. The Morgan fingerprint density at radius 3 is 1.52 bits per heavy atom. The summed E-state index contributed by atoms with van der Waals surface area (Å²) in [6.45, 7) is 7.32.